The molecule has 1 saturated heterocycles. The summed E-state index contributed by atoms with van der Waals surface area (Å²) in [4.78, 5) is 38.5. The Kier molecular flexibility index (Phi) is 4.57. The van der Waals surface area contributed by atoms with Gasteiger partial charge in [-0.1, -0.05) is 18.2 Å². The van der Waals surface area contributed by atoms with Crippen LogP contribution in [0.4, 0.5) is 5.69 Å². The number of carbonyl (C=O) groups is 3. The predicted molar refractivity (Wildman–Crippen MR) is 78.6 cm³/mol. The number of hydrogen-bond acceptors (Lipinski definition) is 3. The quantitative estimate of drug-likeness (QED) is 0.826. The number of aryl methyl sites for hydroxylation is 1. The summed E-state index contributed by atoms with van der Waals surface area (Å²) in [7, 11) is 0. The van der Waals surface area contributed by atoms with Gasteiger partial charge in [0.25, 0.3) is 0 Å². The number of anilines is 1. The number of benzene rings is 1. The summed E-state index contributed by atoms with van der Waals surface area (Å²) in [6.07, 6.45) is 0. The van der Waals surface area contributed by atoms with Crippen LogP contribution in [0.15, 0.2) is 24.3 Å². The van der Waals surface area contributed by atoms with E-state index in [0.29, 0.717) is 25.3 Å². The maximum Gasteiger partial charge on any atom is 0.312 e. The van der Waals surface area contributed by atoms with Crippen LogP contribution >= 0.6 is 0 Å². The normalized spacial score (nSPS) is 15.3. The maximum absolute atomic E-state index is 12.0. The number of hydrogen-bond donors (Lipinski definition) is 1. The van der Waals surface area contributed by atoms with E-state index in [2.05, 4.69) is 5.32 Å². The van der Waals surface area contributed by atoms with Crippen molar-refractivity contribution < 1.29 is 14.4 Å². The van der Waals surface area contributed by atoms with Crippen LogP contribution in [0.5, 0.6) is 0 Å². The van der Waals surface area contributed by atoms with Crippen molar-refractivity contribution in [1.82, 2.24) is 9.80 Å². The van der Waals surface area contributed by atoms with E-state index in [0.717, 1.165) is 5.56 Å². The molecule has 2 rings (SSSR count). The third-order valence-electron chi connectivity index (χ3n) is 3.53. The first kappa shape index (κ1) is 15.0. The van der Waals surface area contributed by atoms with Crippen LogP contribution in [-0.4, -0.2) is 53.7 Å². The van der Waals surface area contributed by atoms with Crippen LogP contribution in [0, 0.1) is 6.92 Å². The highest BCUT2D eigenvalue weighted by atomic mass is 16.2. The minimum atomic E-state index is -0.608. The Morgan fingerprint density at radius 1 is 1.14 bits per heavy atom. The molecule has 1 aromatic rings. The molecule has 6 nitrogen and oxygen atoms in total. The van der Waals surface area contributed by atoms with Gasteiger partial charge in [-0.2, -0.15) is 0 Å². The predicted octanol–water partition coefficient (Wildman–Crippen LogP) is 0.624. The van der Waals surface area contributed by atoms with E-state index in [1.165, 1.54) is 9.80 Å². The van der Waals surface area contributed by atoms with Crippen LogP contribution in [0.3, 0.4) is 0 Å². The van der Waals surface area contributed by atoms with Gasteiger partial charge < -0.3 is 15.1 Å². The van der Waals surface area contributed by atoms with Gasteiger partial charge in [0, 0.05) is 25.3 Å². The van der Waals surface area contributed by atoms with E-state index in [4.69, 9.17) is 0 Å². The highest BCUT2D eigenvalue weighted by Gasteiger charge is 2.32. The molecule has 1 fully saturated rings. The molecule has 21 heavy (non-hydrogen) atoms. The molecule has 3 amide bonds. The fourth-order valence-corrected chi connectivity index (χ4v) is 2.24. The average molecular weight is 289 g/mol. The number of rotatable bonds is 4. The Hall–Kier alpha value is -2.37. The van der Waals surface area contributed by atoms with Crippen molar-refractivity contribution in [1.29, 1.82) is 0 Å². The molecular weight excluding hydrogens is 270 g/mol. The Bertz CT molecular complexity index is 571. The minimum Gasteiger partial charge on any atom is -0.333 e. The standard InChI is InChI=1S/C15H19N3O3/c1-3-17-8-9-18(15(21)14(17)20)10-13(19)16-12-7-5-4-6-11(12)2/h4-7H,3,8-10H2,1-2H3,(H,16,19). The van der Waals surface area contributed by atoms with Gasteiger partial charge in [0.15, 0.2) is 0 Å². The van der Waals surface area contributed by atoms with Gasteiger partial charge in [0.2, 0.25) is 5.91 Å². The summed E-state index contributed by atoms with van der Waals surface area (Å²) >= 11 is 0. The Balaban J connectivity index is 1.96. The third kappa shape index (κ3) is 3.39. The van der Waals surface area contributed by atoms with Crippen molar-refractivity contribution in [2.45, 2.75) is 13.8 Å². The van der Waals surface area contributed by atoms with Crippen molar-refractivity contribution in [2.75, 3.05) is 31.5 Å². The summed E-state index contributed by atoms with van der Waals surface area (Å²) in [6, 6.07) is 7.41. The van der Waals surface area contributed by atoms with Gasteiger partial charge in [-0.15, -0.1) is 0 Å². The van der Waals surface area contributed by atoms with Crippen molar-refractivity contribution in [3.05, 3.63) is 29.8 Å². The van der Waals surface area contributed by atoms with E-state index in [1.54, 1.807) is 6.07 Å². The molecule has 1 N–H and O–H groups in total. The lowest BCUT2D eigenvalue weighted by molar-refractivity contribution is -0.156. The number of amides is 3. The van der Waals surface area contributed by atoms with Crippen LogP contribution in [0.25, 0.3) is 0 Å². The molecule has 1 heterocycles. The number of piperazine rings is 1. The first-order valence-electron chi connectivity index (χ1n) is 6.96. The van der Waals surface area contributed by atoms with E-state index >= 15 is 0 Å². The average Bonchev–Trinajstić information content (AvgIpc) is 2.47. The molecule has 112 valence electrons. The number of para-hydroxylation sites is 1. The lowest BCUT2D eigenvalue weighted by Gasteiger charge is -2.32. The smallest absolute Gasteiger partial charge is 0.312 e. The molecule has 1 aliphatic rings. The van der Waals surface area contributed by atoms with Crippen molar-refractivity contribution in [2.24, 2.45) is 0 Å². The summed E-state index contributed by atoms with van der Waals surface area (Å²) in [5.41, 5.74) is 1.66. The van der Waals surface area contributed by atoms with Crippen LogP contribution in [-0.2, 0) is 14.4 Å². The number of likely N-dealkylation sites (N-methyl/N-ethyl adjacent to an activating group) is 1. The Labute approximate surface area is 123 Å². The molecule has 0 radical (unpaired) electrons. The molecule has 0 aliphatic carbocycles. The molecule has 0 aromatic heterocycles. The highest BCUT2D eigenvalue weighted by Crippen LogP contribution is 2.13. The highest BCUT2D eigenvalue weighted by molar-refractivity contribution is 6.35. The zero-order chi connectivity index (χ0) is 15.4. The maximum atomic E-state index is 12.0. The van der Waals surface area contributed by atoms with Gasteiger partial charge in [0.05, 0.1) is 0 Å². The molecule has 1 aliphatic heterocycles. The fourth-order valence-electron chi connectivity index (χ4n) is 2.24. The fraction of sp³-hybridized carbons (Fsp3) is 0.400. The van der Waals surface area contributed by atoms with Crippen molar-refractivity contribution >= 4 is 23.4 Å². The number of carbonyl (C=O) groups excluding carboxylic acids is 3. The van der Waals surface area contributed by atoms with E-state index < -0.39 is 11.8 Å². The topological polar surface area (TPSA) is 69.7 Å². The Morgan fingerprint density at radius 3 is 2.43 bits per heavy atom. The summed E-state index contributed by atoms with van der Waals surface area (Å²) in [5.74, 6) is -1.44. The summed E-state index contributed by atoms with van der Waals surface area (Å²) in [5, 5.41) is 2.76. The van der Waals surface area contributed by atoms with Crippen molar-refractivity contribution in [3.8, 4) is 0 Å². The second kappa shape index (κ2) is 6.39. The van der Waals surface area contributed by atoms with Crippen molar-refractivity contribution in [3.63, 3.8) is 0 Å². The summed E-state index contributed by atoms with van der Waals surface area (Å²) < 4.78 is 0. The second-order valence-corrected chi connectivity index (χ2v) is 4.97. The molecule has 0 bridgehead atoms. The number of nitrogens with zero attached hydrogens (tertiary/aromatic N) is 2. The number of nitrogens with one attached hydrogen (secondary N) is 1. The SMILES string of the molecule is CCN1CCN(CC(=O)Nc2ccccc2C)C(=O)C1=O. The zero-order valence-corrected chi connectivity index (χ0v) is 12.3. The van der Waals surface area contributed by atoms with E-state index in [-0.39, 0.29) is 12.5 Å². The second-order valence-electron chi connectivity index (χ2n) is 4.97. The molecule has 0 atom stereocenters. The van der Waals surface area contributed by atoms with Crippen LogP contribution in [0.2, 0.25) is 0 Å². The van der Waals surface area contributed by atoms with Crippen LogP contribution in [0.1, 0.15) is 12.5 Å². The van der Waals surface area contributed by atoms with Gasteiger partial charge >= 0.3 is 11.8 Å². The Morgan fingerprint density at radius 2 is 1.76 bits per heavy atom. The lowest BCUT2D eigenvalue weighted by atomic mass is 10.2. The van der Waals surface area contributed by atoms with Crippen LogP contribution < -0.4 is 5.32 Å². The molecule has 0 saturated carbocycles. The third-order valence-corrected chi connectivity index (χ3v) is 3.53. The first-order valence-corrected chi connectivity index (χ1v) is 6.96. The molecule has 1 aromatic carbocycles. The van der Waals surface area contributed by atoms with E-state index in [9.17, 15) is 14.4 Å². The molecular formula is C15H19N3O3. The largest absolute Gasteiger partial charge is 0.333 e. The van der Waals surface area contributed by atoms with E-state index in [1.807, 2.05) is 32.0 Å². The minimum absolute atomic E-state index is 0.101. The van der Waals surface area contributed by atoms with Gasteiger partial charge in [-0.05, 0) is 25.5 Å². The summed E-state index contributed by atoms with van der Waals surface area (Å²) in [6.45, 7) is 4.98. The monoisotopic (exact) mass is 289 g/mol. The zero-order valence-electron chi connectivity index (χ0n) is 12.3. The van der Waals surface area contributed by atoms with Gasteiger partial charge in [-0.3, -0.25) is 14.4 Å². The lowest BCUT2D eigenvalue weighted by Crippen LogP contribution is -2.55. The molecule has 0 spiro atoms. The molecule has 6 heteroatoms. The van der Waals surface area contributed by atoms with Gasteiger partial charge in [-0.25, -0.2) is 0 Å². The van der Waals surface area contributed by atoms with Gasteiger partial charge in [0.1, 0.15) is 6.54 Å². The first-order chi connectivity index (χ1) is 10.0. The molecule has 0 unspecified atom stereocenters.